The Morgan fingerprint density at radius 1 is 1.26 bits per heavy atom. The van der Waals surface area contributed by atoms with E-state index in [1.165, 1.54) is 6.33 Å². The summed E-state index contributed by atoms with van der Waals surface area (Å²) in [5.74, 6) is 2.36. The predicted octanol–water partition coefficient (Wildman–Crippen LogP) is 2.29. The summed E-state index contributed by atoms with van der Waals surface area (Å²) in [5, 5.41) is 0. The minimum atomic E-state index is 0.299. The second-order valence-corrected chi connectivity index (χ2v) is 5.48. The zero-order valence-electron chi connectivity index (χ0n) is 12.7. The van der Waals surface area contributed by atoms with Crippen LogP contribution in [0.1, 0.15) is 39.2 Å². The average Bonchev–Trinajstić information content (AvgIpc) is 2.33. The van der Waals surface area contributed by atoms with Gasteiger partial charge in [0.1, 0.15) is 18.0 Å². The van der Waals surface area contributed by atoms with E-state index in [9.17, 15) is 0 Å². The third kappa shape index (κ3) is 4.35. The number of nitrogen functional groups attached to an aromatic ring is 1. The van der Waals surface area contributed by atoms with E-state index in [1.807, 2.05) is 0 Å². The van der Waals surface area contributed by atoms with Crippen LogP contribution in [0.2, 0.25) is 0 Å². The van der Waals surface area contributed by atoms with Gasteiger partial charge in [0.15, 0.2) is 0 Å². The second-order valence-electron chi connectivity index (χ2n) is 5.48. The number of nitrogens with zero attached hydrogens (tertiary/aromatic N) is 3. The van der Waals surface area contributed by atoms with E-state index in [-0.39, 0.29) is 0 Å². The fourth-order valence-electron chi connectivity index (χ4n) is 2.13. The van der Waals surface area contributed by atoms with Gasteiger partial charge >= 0.3 is 0 Å². The van der Waals surface area contributed by atoms with E-state index in [0.717, 1.165) is 24.5 Å². The molecule has 5 heteroatoms. The van der Waals surface area contributed by atoms with Crippen LogP contribution in [0.4, 0.5) is 11.6 Å². The Morgan fingerprint density at radius 2 is 1.95 bits per heavy atom. The highest BCUT2D eigenvalue weighted by Crippen LogP contribution is 2.29. The average molecular weight is 266 g/mol. The molecule has 1 aromatic rings. The molecule has 0 amide bonds. The molecule has 0 aliphatic rings. The van der Waals surface area contributed by atoms with Gasteiger partial charge in [0.25, 0.3) is 0 Å². The number of rotatable bonds is 7. The predicted molar refractivity (Wildman–Crippen MR) is 79.5 cm³/mol. The maximum atomic E-state index is 6.01. The molecule has 108 valence electrons. The molecule has 0 aromatic carbocycles. The summed E-state index contributed by atoms with van der Waals surface area (Å²) in [7, 11) is 1.71. The molecule has 1 aromatic heterocycles. The van der Waals surface area contributed by atoms with Crippen molar-refractivity contribution < 1.29 is 4.74 Å². The van der Waals surface area contributed by atoms with Crippen molar-refractivity contribution in [2.45, 2.75) is 33.6 Å². The molecule has 0 aliphatic heterocycles. The van der Waals surface area contributed by atoms with Gasteiger partial charge in [0, 0.05) is 25.8 Å². The van der Waals surface area contributed by atoms with Gasteiger partial charge in [-0.2, -0.15) is 0 Å². The Hall–Kier alpha value is -1.36. The van der Waals surface area contributed by atoms with E-state index < -0.39 is 0 Å². The van der Waals surface area contributed by atoms with Crippen molar-refractivity contribution in [1.29, 1.82) is 0 Å². The number of aromatic nitrogens is 2. The fraction of sp³-hybridized carbons (Fsp3) is 0.714. The van der Waals surface area contributed by atoms with E-state index >= 15 is 0 Å². The first-order valence-corrected chi connectivity index (χ1v) is 6.81. The standard InChI is InChI=1S/C14H26N4O/c1-10(2)8-18(6-7-19-5)14-12(11(3)4)13(15)16-9-17-14/h9-11H,6-8H2,1-5H3,(H2,15,16,17). The van der Waals surface area contributed by atoms with Crippen LogP contribution in [-0.2, 0) is 4.74 Å². The molecule has 0 radical (unpaired) electrons. The molecule has 0 saturated carbocycles. The van der Waals surface area contributed by atoms with Crippen molar-refractivity contribution in [3.63, 3.8) is 0 Å². The van der Waals surface area contributed by atoms with E-state index in [0.29, 0.717) is 24.3 Å². The number of methoxy groups -OCH3 is 1. The molecular weight excluding hydrogens is 240 g/mol. The number of hydrogen-bond acceptors (Lipinski definition) is 5. The lowest BCUT2D eigenvalue weighted by Gasteiger charge is -2.28. The van der Waals surface area contributed by atoms with Crippen LogP contribution in [0.15, 0.2) is 6.33 Å². The molecule has 2 N–H and O–H groups in total. The minimum Gasteiger partial charge on any atom is -0.383 e. The molecule has 1 heterocycles. The fourth-order valence-corrected chi connectivity index (χ4v) is 2.13. The van der Waals surface area contributed by atoms with Gasteiger partial charge < -0.3 is 15.4 Å². The Morgan fingerprint density at radius 3 is 2.47 bits per heavy atom. The van der Waals surface area contributed by atoms with Crippen LogP contribution in [0, 0.1) is 5.92 Å². The van der Waals surface area contributed by atoms with Crippen LogP contribution in [0.5, 0.6) is 0 Å². The lowest BCUT2D eigenvalue weighted by molar-refractivity contribution is 0.204. The van der Waals surface area contributed by atoms with Crippen molar-refractivity contribution in [3.8, 4) is 0 Å². The molecule has 5 nitrogen and oxygen atoms in total. The lowest BCUT2D eigenvalue weighted by atomic mass is 10.0. The zero-order valence-corrected chi connectivity index (χ0v) is 12.7. The normalized spacial score (nSPS) is 11.3. The van der Waals surface area contributed by atoms with Gasteiger partial charge in [0.05, 0.1) is 6.61 Å². The van der Waals surface area contributed by atoms with Gasteiger partial charge in [0.2, 0.25) is 0 Å². The molecule has 0 fully saturated rings. The Bertz CT molecular complexity index is 393. The van der Waals surface area contributed by atoms with Gasteiger partial charge in [-0.05, 0) is 11.8 Å². The summed E-state index contributed by atoms with van der Waals surface area (Å²) in [6.45, 7) is 11.0. The summed E-state index contributed by atoms with van der Waals surface area (Å²) in [4.78, 5) is 10.8. The molecule has 0 atom stereocenters. The molecule has 0 bridgehead atoms. The quantitative estimate of drug-likeness (QED) is 0.820. The van der Waals surface area contributed by atoms with Gasteiger partial charge in [-0.15, -0.1) is 0 Å². The first-order valence-electron chi connectivity index (χ1n) is 6.81. The first kappa shape index (κ1) is 15.7. The van der Waals surface area contributed by atoms with Crippen molar-refractivity contribution >= 4 is 11.6 Å². The highest BCUT2D eigenvalue weighted by molar-refractivity contribution is 5.58. The van der Waals surface area contributed by atoms with Gasteiger partial charge in [-0.1, -0.05) is 27.7 Å². The maximum absolute atomic E-state index is 6.01. The molecule has 0 saturated heterocycles. The Kier molecular flexibility index (Phi) is 6.02. The Labute approximate surface area is 116 Å². The summed E-state index contributed by atoms with van der Waals surface area (Å²) in [5.41, 5.74) is 7.04. The van der Waals surface area contributed by atoms with Gasteiger partial charge in [-0.3, -0.25) is 0 Å². The highest BCUT2D eigenvalue weighted by Gasteiger charge is 2.19. The number of ether oxygens (including phenoxy) is 1. The largest absolute Gasteiger partial charge is 0.383 e. The molecule has 1 rings (SSSR count). The highest BCUT2D eigenvalue weighted by atomic mass is 16.5. The van der Waals surface area contributed by atoms with Crippen molar-refractivity contribution in [2.75, 3.05) is 37.4 Å². The van der Waals surface area contributed by atoms with Crippen LogP contribution in [0.25, 0.3) is 0 Å². The summed E-state index contributed by atoms with van der Waals surface area (Å²) in [6, 6.07) is 0. The number of anilines is 2. The van der Waals surface area contributed by atoms with Crippen molar-refractivity contribution in [1.82, 2.24) is 9.97 Å². The molecular formula is C14H26N4O. The smallest absolute Gasteiger partial charge is 0.137 e. The monoisotopic (exact) mass is 266 g/mol. The topological polar surface area (TPSA) is 64.3 Å². The second kappa shape index (κ2) is 7.28. The zero-order chi connectivity index (χ0) is 14.4. The third-order valence-electron chi connectivity index (χ3n) is 2.92. The summed E-state index contributed by atoms with van der Waals surface area (Å²) >= 11 is 0. The summed E-state index contributed by atoms with van der Waals surface area (Å²) < 4.78 is 5.19. The third-order valence-corrected chi connectivity index (χ3v) is 2.92. The van der Waals surface area contributed by atoms with Crippen LogP contribution in [-0.4, -0.2) is 36.8 Å². The van der Waals surface area contributed by atoms with E-state index in [4.69, 9.17) is 10.5 Å². The van der Waals surface area contributed by atoms with Crippen molar-refractivity contribution in [2.24, 2.45) is 5.92 Å². The Balaban J connectivity index is 3.09. The van der Waals surface area contributed by atoms with Crippen molar-refractivity contribution in [3.05, 3.63) is 11.9 Å². The van der Waals surface area contributed by atoms with Crippen LogP contribution < -0.4 is 10.6 Å². The van der Waals surface area contributed by atoms with E-state index in [2.05, 4.69) is 42.6 Å². The lowest BCUT2D eigenvalue weighted by Crippen LogP contribution is -2.33. The van der Waals surface area contributed by atoms with E-state index in [1.54, 1.807) is 7.11 Å². The minimum absolute atomic E-state index is 0.299. The molecule has 0 spiro atoms. The molecule has 0 aliphatic carbocycles. The maximum Gasteiger partial charge on any atom is 0.137 e. The first-order chi connectivity index (χ1) is 8.97. The summed E-state index contributed by atoms with van der Waals surface area (Å²) in [6.07, 6.45) is 1.54. The molecule has 0 unspecified atom stereocenters. The van der Waals surface area contributed by atoms with Crippen LogP contribution in [0.3, 0.4) is 0 Å². The number of hydrogen-bond donors (Lipinski definition) is 1. The number of nitrogens with two attached hydrogens (primary N) is 1. The van der Waals surface area contributed by atoms with Gasteiger partial charge in [-0.25, -0.2) is 9.97 Å². The SMILES string of the molecule is COCCN(CC(C)C)c1ncnc(N)c1C(C)C. The van der Waals surface area contributed by atoms with Crippen LogP contribution >= 0.6 is 0 Å². The molecule has 19 heavy (non-hydrogen) atoms.